The fraction of sp³-hybridized carbons (Fsp3) is 0.733. The van der Waals surface area contributed by atoms with Crippen LogP contribution in [0.25, 0.3) is 0 Å². The van der Waals surface area contributed by atoms with Gasteiger partial charge in [-0.3, -0.25) is 9.59 Å². The second-order valence-corrected chi connectivity index (χ2v) is 5.20. The Kier molecular flexibility index (Phi) is 7.30. The third-order valence-corrected chi connectivity index (χ3v) is 3.06. The van der Waals surface area contributed by atoms with Crippen molar-refractivity contribution in [2.75, 3.05) is 26.3 Å². The van der Waals surface area contributed by atoms with Crippen molar-refractivity contribution >= 4 is 11.9 Å². The van der Waals surface area contributed by atoms with Crippen LogP contribution in [0.15, 0.2) is 11.6 Å². The standard InChI is InChI=1S/C15H25NO4/c1-4-19-15(18)7-8-16(14(17)10-12(2)3)11-13-6-5-9-20-13/h10,13H,4-9,11H2,1-3H3. The van der Waals surface area contributed by atoms with Gasteiger partial charge >= 0.3 is 5.97 Å². The third-order valence-electron chi connectivity index (χ3n) is 3.06. The molecule has 0 aromatic heterocycles. The van der Waals surface area contributed by atoms with E-state index in [1.165, 1.54) is 0 Å². The van der Waals surface area contributed by atoms with Crippen molar-refractivity contribution in [2.24, 2.45) is 0 Å². The van der Waals surface area contributed by atoms with Crippen molar-refractivity contribution < 1.29 is 19.1 Å². The highest BCUT2D eigenvalue weighted by Crippen LogP contribution is 2.14. The van der Waals surface area contributed by atoms with Crippen LogP contribution in [-0.2, 0) is 19.1 Å². The Bertz CT molecular complexity index is 355. The summed E-state index contributed by atoms with van der Waals surface area (Å²) < 4.78 is 10.5. The lowest BCUT2D eigenvalue weighted by molar-refractivity contribution is -0.144. The summed E-state index contributed by atoms with van der Waals surface area (Å²) in [7, 11) is 0. The third kappa shape index (κ3) is 6.19. The molecule has 0 aromatic carbocycles. The summed E-state index contributed by atoms with van der Waals surface area (Å²) in [6.07, 6.45) is 3.92. The van der Waals surface area contributed by atoms with Gasteiger partial charge in [0.15, 0.2) is 0 Å². The highest BCUT2D eigenvalue weighted by Gasteiger charge is 2.22. The summed E-state index contributed by atoms with van der Waals surface area (Å²) in [5.74, 6) is -0.334. The molecule has 1 heterocycles. The molecular formula is C15H25NO4. The zero-order valence-electron chi connectivity index (χ0n) is 12.7. The van der Waals surface area contributed by atoms with Crippen molar-refractivity contribution in [2.45, 2.75) is 46.1 Å². The molecule has 0 aromatic rings. The summed E-state index contributed by atoms with van der Waals surface area (Å²) in [5, 5.41) is 0. The van der Waals surface area contributed by atoms with E-state index >= 15 is 0 Å². The molecule has 1 rings (SSSR count). The fourth-order valence-electron chi connectivity index (χ4n) is 2.12. The Morgan fingerprint density at radius 3 is 2.70 bits per heavy atom. The van der Waals surface area contributed by atoms with Crippen LogP contribution in [0.2, 0.25) is 0 Å². The highest BCUT2D eigenvalue weighted by molar-refractivity contribution is 5.88. The van der Waals surface area contributed by atoms with E-state index in [0.717, 1.165) is 25.0 Å². The first-order valence-electron chi connectivity index (χ1n) is 7.24. The number of amides is 1. The Hall–Kier alpha value is -1.36. The molecule has 0 aliphatic carbocycles. The van der Waals surface area contributed by atoms with Gasteiger partial charge in [0.1, 0.15) is 0 Å². The maximum atomic E-state index is 12.2. The Morgan fingerprint density at radius 2 is 2.15 bits per heavy atom. The van der Waals surface area contributed by atoms with Gasteiger partial charge in [-0.05, 0) is 33.6 Å². The largest absolute Gasteiger partial charge is 0.466 e. The zero-order chi connectivity index (χ0) is 15.0. The van der Waals surface area contributed by atoms with Crippen LogP contribution in [-0.4, -0.2) is 49.2 Å². The molecule has 1 atom stereocenters. The van der Waals surface area contributed by atoms with E-state index < -0.39 is 0 Å². The van der Waals surface area contributed by atoms with Crippen LogP contribution < -0.4 is 0 Å². The lowest BCUT2D eigenvalue weighted by atomic mass is 10.2. The second-order valence-electron chi connectivity index (χ2n) is 5.20. The maximum Gasteiger partial charge on any atom is 0.307 e. The van der Waals surface area contributed by atoms with Gasteiger partial charge in [0, 0.05) is 25.8 Å². The molecule has 1 aliphatic rings. The topological polar surface area (TPSA) is 55.8 Å². The predicted molar refractivity (Wildman–Crippen MR) is 76.2 cm³/mol. The summed E-state index contributed by atoms with van der Waals surface area (Å²) in [4.78, 5) is 25.3. The molecule has 0 bridgehead atoms. The number of ether oxygens (including phenoxy) is 2. The number of rotatable bonds is 7. The fourth-order valence-corrected chi connectivity index (χ4v) is 2.12. The van der Waals surface area contributed by atoms with Gasteiger partial charge in [0.25, 0.3) is 0 Å². The first kappa shape index (κ1) is 16.7. The van der Waals surface area contributed by atoms with Crippen molar-refractivity contribution in [3.8, 4) is 0 Å². The molecule has 5 nitrogen and oxygen atoms in total. The van der Waals surface area contributed by atoms with Crippen LogP contribution in [0, 0.1) is 0 Å². The molecule has 20 heavy (non-hydrogen) atoms. The predicted octanol–water partition coefficient (Wildman–Crippen LogP) is 1.91. The summed E-state index contributed by atoms with van der Waals surface area (Å²) in [6.45, 7) is 7.58. The number of hydrogen-bond donors (Lipinski definition) is 0. The van der Waals surface area contributed by atoms with Crippen molar-refractivity contribution in [1.82, 2.24) is 4.90 Å². The molecule has 114 valence electrons. The number of hydrogen-bond acceptors (Lipinski definition) is 4. The lowest BCUT2D eigenvalue weighted by Crippen LogP contribution is -2.38. The van der Waals surface area contributed by atoms with E-state index in [2.05, 4.69) is 0 Å². The lowest BCUT2D eigenvalue weighted by Gasteiger charge is -2.24. The van der Waals surface area contributed by atoms with Gasteiger partial charge in [-0.2, -0.15) is 0 Å². The molecule has 5 heteroatoms. The van der Waals surface area contributed by atoms with Gasteiger partial charge < -0.3 is 14.4 Å². The van der Waals surface area contributed by atoms with Crippen LogP contribution in [0.4, 0.5) is 0 Å². The molecule has 0 radical (unpaired) electrons. The molecule has 0 spiro atoms. The highest BCUT2D eigenvalue weighted by atomic mass is 16.5. The van der Waals surface area contributed by atoms with Gasteiger partial charge in [-0.1, -0.05) is 5.57 Å². The van der Waals surface area contributed by atoms with Crippen molar-refractivity contribution in [1.29, 1.82) is 0 Å². The second kappa shape index (κ2) is 8.74. The first-order chi connectivity index (χ1) is 9.52. The smallest absolute Gasteiger partial charge is 0.307 e. The van der Waals surface area contributed by atoms with Crippen LogP contribution in [0.5, 0.6) is 0 Å². The monoisotopic (exact) mass is 283 g/mol. The van der Waals surface area contributed by atoms with Crippen LogP contribution >= 0.6 is 0 Å². The van der Waals surface area contributed by atoms with Crippen molar-refractivity contribution in [3.05, 3.63) is 11.6 Å². The minimum atomic E-state index is -0.269. The number of carbonyl (C=O) groups is 2. The number of esters is 1. The number of nitrogens with zero attached hydrogens (tertiary/aromatic N) is 1. The molecule has 1 amide bonds. The van der Waals surface area contributed by atoms with Gasteiger partial charge in [0.2, 0.25) is 5.91 Å². The van der Waals surface area contributed by atoms with E-state index in [9.17, 15) is 9.59 Å². The van der Waals surface area contributed by atoms with E-state index in [-0.39, 0.29) is 24.4 Å². The van der Waals surface area contributed by atoms with Gasteiger partial charge in [-0.25, -0.2) is 0 Å². The molecule has 0 saturated carbocycles. The Balaban J connectivity index is 2.55. The van der Waals surface area contributed by atoms with Crippen molar-refractivity contribution in [3.63, 3.8) is 0 Å². The van der Waals surface area contributed by atoms with E-state index in [1.807, 2.05) is 13.8 Å². The van der Waals surface area contributed by atoms with Crippen LogP contribution in [0.3, 0.4) is 0 Å². The van der Waals surface area contributed by atoms with Crippen LogP contribution in [0.1, 0.15) is 40.0 Å². The van der Waals surface area contributed by atoms with Gasteiger partial charge in [0.05, 0.1) is 19.1 Å². The average molecular weight is 283 g/mol. The Morgan fingerprint density at radius 1 is 1.40 bits per heavy atom. The minimum Gasteiger partial charge on any atom is -0.466 e. The number of carbonyl (C=O) groups excluding carboxylic acids is 2. The summed E-state index contributed by atoms with van der Waals surface area (Å²) in [5.41, 5.74) is 0.948. The summed E-state index contributed by atoms with van der Waals surface area (Å²) >= 11 is 0. The van der Waals surface area contributed by atoms with E-state index in [0.29, 0.717) is 19.7 Å². The molecule has 1 fully saturated rings. The quantitative estimate of drug-likeness (QED) is 0.529. The molecular weight excluding hydrogens is 258 g/mol. The molecule has 1 saturated heterocycles. The molecule has 1 aliphatic heterocycles. The van der Waals surface area contributed by atoms with E-state index in [4.69, 9.17) is 9.47 Å². The minimum absolute atomic E-state index is 0.0650. The average Bonchev–Trinajstić information content (AvgIpc) is 2.86. The normalized spacial score (nSPS) is 17.6. The number of allylic oxidation sites excluding steroid dienone is 1. The van der Waals surface area contributed by atoms with Gasteiger partial charge in [-0.15, -0.1) is 0 Å². The first-order valence-corrected chi connectivity index (χ1v) is 7.24. The molecule has 1 unspecified atom stereocenters. The van der Waals surface area contributed by atoms with E-state index in [1.54, 1.807) is 17.9 Å². The summed E-state index contributed by atoms with van der Waals surface area (Å²) in [6, 6.07) is 0. The maximum absolute atomic E-state index is 12.2. The SMILES string of the molecule is CCOC(=O)CCN(CC1CCCO1)C(=O)C=C(C)C. The Labute approximate surface area is 120 Å². The molecule has 0 N–H and O–H groups in total. The zero-order valence-corrected chi connectivity index (χ0v) is 12.7.